The first-order valence-electron chi connectivity index (χ1n) is 10.3. The van der Waals surface area contributed by atoms with Crippen molar-refractivity contribution in [3.8, 4) is 0 Å². The van der Waals surface area contributed by atoms with E-state index in [0.29, 0.717) is 5.56 Å². The van der Waals surface area contributed by atoms with Gasteiger partial charge in [0, 0.05) is 39.8 Å². The molecule has 1 saturated heterocycles. The largest absolute Gasteiger partial charge is 0.372 e. The number of carbonyl (C=O) groups is 1. The van der Waals surface area contributed by atoms with Crippen LogP contribution in [0.1, 0.15) is 23.2 Å². The molecule has 1 fully saturated rings. The Bertz CT molecular complexity index is 905. The highest BCUT2D eigenvalue weighted by atomic mass is 32.2. The summed E-state index contributed by atoms with van der Waals surface area (Å²) in [5, 5.41) is 5.73. The summed E-state index contributed by atoms with van der Waals surface area (Å²) < 4.78 is 0. The molecule has 1 amide bonds. The van der Waals surface area contributed by atoms with Gasteiger partial charge in [0.15, 0.2) is 0 Å². The Hall–Kier alpha value is -2.76. The molecule has 0 bridgehead atoms. The summed E-state index contributed by atoms with van der Waals surface area (Å²) in [6, 6.07) is 26.1. The maximum atomic E-state index is 12.5. The van der Waals surface area contributed by atoms with Crippen molar-refractivity contribution in [2.24, 2.45) is 0 Å². The summed E-state index contributed by atoms with van der Waals surface area (Å²) in [5.41, 5.74) is 2.72. The molecule has 0 aromatic heterocycles. The minimum atomic E-state index is -0.0832. The van der Waals surface area contributed by atoms with E-state index in [1.807, 2.05) is 68.7 Å². The predicted octanol–water partition coefficient (Wildman–Crippen LogP) is 5.53. The van der Waals surface area contributed by atoms with Crippen molar-refractivity contribution < 1.29 is 4.79 Å². The van der Waals surface area contributed by atoms with Crippen LogP contribution in [-0.4, -0.2) is 33.1 Å². The van der Waals surface area contributed by atoms with Gasteiger partial charge < -0.3 is 15.5 Å². The monoisotopic (exact) mass is 419 g/mol. The van der Waals surface area contributed by atoms with E-state index in [1.54, 1.807) is 11.8 Å². The summed E-state index contributed by atoms with van der Waals surface area (Å²) in [6.07, 6.45) is 2.52. The molecule has 156 valence electrons. The molecule has 2 N–H and O–H groups in total. The number of amides is 1. The Morgan fingerprint density at radius 2 is 1.37 bits per heavy atom. The number of benzene rings is 3. The van der Waals surface area contributed by atoms with Crippen molar-refractivity contribution in [1.82, 2.24) is 5.32 Å². The Morgan fingerprint density at radius 1 is 0.800 bits per heavy atom. The second-order valence-electron chi connectivity index (χ2n) is 7.13. The molecule has 5 heteroatoms. The lowest BCUT2D eigenvalue weighted by molar-refractivity contribution is 0.102. The maximum absolute atomic E-state index is 12.5. The Morgan fingerprint density at radius 3 is 1.97 bits per heavy atom. The van der Waals surface area contributed by atoms with Crippen LogP contribution in [0.25, 0.3) is 0 Å². The molecular formula is C25H29N3OS. The summed E-state index contributed by atoms with van der Waals surface area (Å²) in [4.78, 5) is 17.2. The van der Waals surface area contributed by atoms with Crippen LogP contribution in [0.4, 0.5) is 11.4 Å². The standard InChI is InChI=1S/C23H22N2OS.C2H7N/c26-23(24-19-10-12-20(13-11-19)25-16-4-5-17-25)18-8-14-22(15-9-18)27-21-6-2-1-3-7-21;1-3-2/h1-3,6-15H,4-5,16-17H2,(H,24,26);3H,1-2H3. The van der Waals surface area contributed by atoms with E-state index in [-0.39, 0.29) is 5.91 Å². The summed E-state index contributed by atoms with van der Waals surface area (Å²) >= 11 is 1.69. The van der Waals surface area contributed by atoms with Gasteiger partial charge in [0.2, 0.25) is 0 Å². The Kier molecular flexibility index (Phi) is 8.36. The maximum Gasteiger partial charge on any atom is 0.255 e. The molecule has 3 aromatic rings. The normalized spacial score (nSPS) is 12.8. The first kappa shape index (κ1) is 21.9. The highest BCUT2D eigenvalue weighted by Gasteiger charge is 2.12. The Balaban J connectivity index is 0.000000806. The van der Waals surface area contributed by atoms with Gasteiger partial charge in [-0.1, -0.05) is 30.0 Å². The van der Waals surface area contributed by atoms with Crippen molar-refractivity contribution >= 4 is 29.0 Å². The molecular weight excluding hydrogens is 390 g/mol. The molecule has 0 unspecified atom stereocenters. The van der Waals surface area contributed by atoms with E-state index < -0.39 is 0 Å². The lowest BCUT2D eigenvalue weighted by Gasteiger charge is -2.17. The summed E-state index contributed by atoms with van der Waals surface area (Å²) in [6.45, 7) is 2.25. The first-order valence-corrected chi connectivity index (χ1v) is 11.1. The molecule has 4 rings (SSSR count). The zero-order valence-corrected chi connectivity index (χ0v) is 18.4. The van der Waals surface area contributed by atoms with Gasteiger partial charge in [-0.05, 0) is 87.6 Å². The van der Waals surface area contributed by atoms with Gasteiger partial charge >= 0.3 is 0 Å². The van der Waals surface area contributed by atoms with Crippen LogP contribution in [0.5, 0.6) is 0 Å². The van der Waals surface area contributed by atoms with E-state index in [9.17, 15) is 4.79 Å². The fraction of sp³-hybridized carbons (Fsp3) is 0.240. The van der Waals surface area contributed by atoms with Crippen molar-refractivity contribution in [3.05, 3.63) is 84.4 Å². The highest BCUT2D eigenvalue weighted by Crippen LogP contribution is 2.27. The third kappa shape index (κ3) is 6.37. The molecule has 0 atom stereocenters. The molecule has 1 aliphatic rings. The fourth-order valence-electron chi connectivity index (χ4n) is 3.23. The van der Waals surface area contributed by atoms with E-state index in [2.05, 4.69) is 39.8 Å². The first-order chi connectivity index (χ1) is 14.7. The quantitative estimate of drug-likeness (QED) is 0.571. The number of anilines is 2. The molecule has 0 aliphatic carbocycles. The average Bonchev–Trinajstić information content (AvgIpc) is 3.31. The molecule has 1 heterocycles. The van der Waals surface area contributed by atoms with Crippen molar-refractivity contribution in [2.75, 3.05) is 37.4 Å². The average molecular weight is 420 g/mol. The summed E-state index contributed by atoms with van der Waals surface area (Å²) in [7, 11) is 3.75. The second-order valence-corrected chi connectivity index (χ2v) is 8.28. The van der Waals surface area contributed by atoms with Crippen molar-refractivity contribution in [2.45, 2.75) is 22.6 Å². The number of hydrogen-bond donors (Lipinski definition) is 2. The van der Waals surface area contributed by atoms with Gasteiger partial charge in [-0.3, -0.25) is 4.79 Å². The zero-order chi connectivity index (χ0) is 21.2. The number of hydrogen-bond acceptors (Lipinski definition) is 4. The van der Waals surface area contributed by atoms with Crippen LogP contribution in [-0.2, 0) is 0 Å². The molecule has 4 nitrogen and oxygen atoms in total. The van der Waals surface area contributed by atoms with Crippen molar-refractivity contribution in [3.63, 3.8) is 0 Å². The van der Waals surface area contributed by atoms with E-state index in [1.165, 1.54) is 23.4 Å². The molecule has 3 aromatic carbocycles. The molecule has 0 spiro atoms. The number of carbonyl (C=O) groups excluding carboxylic acids is 1. The third-order valence-electron chi connectivity index (χ3n) is 4.69. The molecule has 0 saturated carbocycles. The lowest BCUT2D eigenvalue weighted by Crippen LogP contribution is -2.17. The van der Waals surface area contributed by atoms with Crippen molar-refractivity contribution in [1.29, 1.82) is 0 Å². The van der Waals surface area contributed by atoms with Crippen LogP contribution in [0.3, 0.4) is 0 Å². The number of rotatable bonds is 5. The summed E-state index contributed by atoms with van der Waals surface area (Å²) in [5.74, 6) is -0.0832. The van der Waals surface area contributed by atoms with Crippen LogP contribution < -0.4 is 15.5 Å². The van der Waals surface area contributed by atoms with E-state index >= 15 is 0 Å². The fourth-order valence-corrected chi connectivity index (χ4v) is 4.07. The topological polar surface area (TPSA) is 44.4 Å². The molecule has 1 aliphatic heterocycles. The predicted molar refractivity (Wildman–Crippen MR) is 128 cm³/mol. The Labute approximate surface area is 183 Å². The second kappa shape index (κ2) is 11.4. The van der Waals surface area contributed by atoms with Crippen LogP contribution >= 0.6 is 11.8 Å². The zero-order valence-electron chi connectivity index (χ0n) is 17.6. The lowest BCUT2D eigenvalue weighted by atomic mass is 10.2. The number of nitrogens with one attached hydrogen (secondary N) is 2. The van der Waals surface area contributed by atoms with Crippen LogP contribution in [0, 0.1) is 0 Å². The SMILES string of the molecule is CNC.O=C(Nc1ccc(N2CCCC2)cc1)c1ccc(Sc2ccccc2)cc1. The minimum absolute atomic E-state index is 0.0832. The number of nitrogens with zero attached hydrogens (tertiary/aromatic N) is 1. The smallest absolute Gasteiger partial charge is 0.255 e. The van der Waals surface area contributed by atoms with Gasteiger partial charge in [-0.15, -0.1) is 0 Å². The molecule has 30 heavy (non-hydrogen) atoms. The van der Waals surface area contributed by atoms with Crippen LogP contribution in [0.15, 0.2) is 88.7 Å². The van der Waals surface area contributed by atoms with Gasteiger partial charge in [-0.25, -0.2) is 0 Å². The van der Waals surface area contributed by atoms with Gasteiger partial charge in [0.05, 0.1) is 0 Å². The molecule has 0 radical (unpaired) electrons. The van der Waals surface area contributed by atoms with Gasteiger partial charge in [0.1, 0.15) is 0 Å². The van der Waals surface area contributed by atoms with E-state index in [4.69, 9.17) is 0 Å². The van der Waals surface area contributed by atoms with Gasteiger partial charge in [-0.2, -0.15) is 0 Å². The third-order valence-corrected chi connectivity index (χ3v) is 5.71. The highest BCUT2D eigenvalue weighted by molar-refractivity contribution is 7.99. The van der Waals surface area contributed by atoms with Crippen LogP contribution in [0.2, 0.25) is 0 Å². The minimum Gasteiger partial charge on any atom is -0.372 e. The van der Waals surface area contributed by atoms with Gasteiger partial charge in [0.25, 0.3) is 5.91 Å². The van der Waals surface area contributed by atoms with E-state index in [0.717, 1.165) is 23.7 Å².